The van der Waals surface area contributed by atoms with Gasteiger partial charge >= 0.3 is 0 Å². The number of morpholine rings is 1. The zero-order valence-electron chi connectivity index (χ0n) is 11.9. The average molecular weight is 260 g/mol. The third-order valence-electron chi connectivity index (χ3n) is 4.36. The molecule has 2 N–H and O–H groups in total. The molecule has 2 fully saturated rings. The van der Waals surface area contributed by atoms with E-state index >= 15 is 0 Å². The van der Waals surface area contributed by atoms with E-state index in [4.69, 9.17) is 10.5 Å². The van der Waals surface area contributed by atoms with Crippen LogP contribution in [0.2, 0.25) is 0 Å². The van der Waals surface area contributed by atoms with E-state index in [2.05, 4.69) is 36.9 Å². The molecule has 3 heteroatoms. The van der Waals surface area contributed by atoms with Crippen molar-refractivity contribution < 1.29 is 4.74 Å². The molecule has 0 amide bonds. The van der Waals surface area contributed by atoms with Gasteiger partial charge in [-0.3, -0.25) is 4.90 Å². The summed E-state index contributed by atoms with van der Waals surface area (Å²) in [6.45, 7) is 7.07. The summed E-state index contributed by atoms with van der Waals surface area (Å²) in [5, 5.41) is 0. The van der Waals surface area contributed by atoms with Gasteiger partial charge in [-0.25, -0.2) is 0 Å². The molecule has 2 aliphatic rings. The molecule has 0 spiro atoms. The maximum Gasteiger partial charge on any atom is 0.0707 e. The van der Waals surface area contributed by atoms with Crippen LogP contribution in [0.3, 0.4) is 0 Å². The highest BCUT2D eigenvalue weighted by Crippen LogP contribution is 2.32. The van der Waals surface area contributed by atoms with Gasteiger partial charge in [-0.1, -0.05) is 29.3 Å². The lowest BCUT2D eigenvalue weighted by Crippen LogP contribution is -2.46. The molecule has 0 aromatic heterocycles. The molecule has 2 aliphatic heterocycles. The quantitative estimate of drug-likeness (QED) is 0.905. The summed E-state index contributed by atoms with van der Waals surface area (Å²) in [5.41, 5.74) is 10.1. The number of fused-ring (bicyclic) bond motifs is 2. The van der Waals surface area contributed by atoms with Gasteiger partial charge in [0.1, 0.15) is 0 Å². The Balaban J connectivity index is 1.83. The standard InChI is InChI=1S/C16H24N2O/c1-11-5-12(2)7-13(6-11)16(8-17)18-9-14-3-4-15(10-18)19-14/h5-7,14-16H,3-4,8-10,17H2,1-2H3. The third kappa shape index (κ3) is 2.69. The van der Waals surface area contributed by atoms with E-state index in [9.17, 15) is 0 Å². The smallest absolute Gasteiger partial charge is 0.0707 e. The molecule has 104 valence electrons. The van der Waals surface area contributed by atoms with Crippen LogP contribution in [0.4, 0.5) is 0 Å². The Morgan fingerprint density at radius 3 is 2.26 bits per heavy atom. The summed E-state index contributed by atoms with van der Waals surface area (Å²) < 4.78 is 5.92. The first kappa shape index (κ1) is 13.1. The van der Waals surface area contributed by atoms with Gasteiger partial charge in [0.25, 0.3) is 0 Å². The number of hydrogen-bond acceptors (Lipinski definition) is 3. The number of hydrogen-bond donors (Lipinski definition) is 1. The SMILES string of the molecule is Cc1cc(C)cc(C(CN)N2CC3CCC(C2)O3)c1. The van der Waals surface area contributed by atoms with Crippen LogP contribution in [-0.2, 0) is 4.74 Å². The van der Waals surface area contributed by atoms with Crippen LogP contribution < -0.4 is 5.73 Å². The van der Waals surface area contributed by atoms with E-state index in [0.29, 0.717) is 24.8 Å². The normalized spacial score (nSPS) is 28.6. The number of nitrogens with two attached hydrogens (primary N) is 1. The van der Waals surface area contributed by atoms with Crippen LogP contribution in [0.25, 0.3) is 0 Å². The zero-order chi connectivity index (χ0) is 13.4. The fraction of sp³-hybridized carbons (Fsp3) is 0.625. The van der Waals surface area contributed by atoms with Gasteiger partial charge in [0.2, 0.25) is 0 Å². The summed E-state index contributed by atoms with van der Waals surface area (Å²) in [7, 11) is 0. The molecule has 3 unspecified atom stereocenters. The van der Waals surface area contributed by atoms with Gasteiger partial charge in [-0.05, 0) is 32.3 Å². The molecule has 3 atom stereocenters. The Kier molecular flexibility index (Phi) is 3.61. The fourth-order valence-electron chi connectivity index (χ4n) is 3.60. The van der Waals surface area contributed by atoms with Gasteiger partial charge in [-0.15, -0.1) is 0 Å². The largest absolute Gasteiger partial charge is 0.372 e. The average Bonchev–Trinajstić information content (AvgIpc) is 2.68. The highest BCUT2D eigenvalue weighted by atomic mass is 16.5. The molecular weight excluding hydrogens is 236 g/mol. The Morgan fingerprint density at radius 2 is 1.74 bits per heavy atom. The van der Waals surface area contributed by atoms with Crippen molar-refractivity contribution in [1.82, 2.24) is 4.90 Å². The second-order valence-electron chi connectivity index (χ2n) is 6.08. The van der Waals surface area contributed by atoms with Gasteiger partial charge in [0.15, 0.2) is 0 Å². The van der Waals surface area contributed by atoms with E-state index in [1.165, 1.54) is 29.5 Å². The molecular formula is C16H24N2O. The van der Waals surface area contributed by atoms with Gasteiger partial charge in [0.05, 0.1) is 12.2 Å². The molecule has 1 aromatic rings. The van der Waals surface area contributed by atoms with Crippen LogP contribution >= 0.6 is 0 Å². The molecule has 1 aromatic carbocycles. The molecule has 2 bridgehead atoms. The molecule has 2 saturated heterocycles. The predicted octanol–water partition coefficient (Wildman–Crippen LogP) is 2.17. The number of rotatable bonds is 3. The number of aryl methyl sites for hydroxylation is 2. The summed E-state index contributed by atoms with van der Waals surface area (Å²) in [5.74, 6) is 0. The van der Waals surface area contributed by atoms with Crippen LogP contribution in [0.1, 0.15) is 35.6 Å². The first-order chi connectivity index (χ1) is 9.15. The Labute approximate surface area is 115 Å². The van der Waals surface area contributed by atoms with Crippen molar-refractivity contribution in [2.75, 3.05) is 19.6 Å². The van der Waals surface area contributed by atoms with Gasteiger partial charge in [-0.2, -0.15) is 0 Å². The van der Waals surface area contributed by atoms with Crippen molar-refractivity contribution in [2.24, 2.45) is 5.73 Å². The Hall–Kier alpha value is -0.900. The first-order valence-corrected chi connectivity index (χ1v) is 7.33. The summed E-state index contributed by atoms with van der Waals surface area (Å²) in [6, 6.07) is 7.12. The van der Waals surface area contributed by atoms with E-state index in [-0.39, 0.29) is 0 Å². The van der Waals surface area contributed by atoms with E-state index in [0.717, 1.165) is 13.1 Å². The first-order valence-electron chi connectivity index (χ1n) is 7.33. The molecule has 2 heterocycles. The molecule has 3 rings (SSSR count). The lowest BCUT2D eigenvalue weighted by molar-refractivity contribution is -0.0521. The van der Waals surface area contributed by atoms with Gasteiger partial charge in [0, 0.05) is 25.7 Å². The summed E-state index contributed by atoms with van der Waals surface area (Å²) >= 11 is 0. The molecule has 3 nitrogen and oxygen atoms in total. The molecule has 19 heavy (non-hydrogen) atoms. The van der Waals surface area contributed by atoms with Crippen molar-refractivity contribution in [3.05, 3.63) is 34.9 Å². The lowest BCUT2D eigenvalue weighted by atomic mass is 9.99. The van der Waals surface area contributed by atoms with E-state index in [1.807, 2.05) is 0 Å². The zero-order valence-corrected chi connectivity index (χ0v) is 11.9. The lowest BCUT2D eigenvalue weighted by Gasteiger charge is -2.38. The van der Waals surface area contributed by atoms with Gasteiger partial charge < -0.3 is 10.5 Å². The molecule has 0 radical (unpaired) electrons. The minimum absolute atomic E-state index is 0.339. The van der Waals surface area contributed by atoms with Crippen LogP contribution in [-0.4, -0.2) is 36.7 Å². The van der Waals surface area contributed by atoms with Crippen molar-refractivity contribution >= 4 is 0 Å². The molecule has 0 aliphatic carbocycles. The summed E-state index contributed by atoms with van der Waals surface area (Å²) in [4.78, 5) is 2.53. The maximum atomic E-state index is 6.06. The minimum Gasteiger partial charge on any atom is -0.372 e. The number of benzene rings is 1. The maximum absolute atomic E-state index is 6.06. The van der Waals surface area contributed by atoms with Crippen molar-refractivity contribution in [3.8, 4) is 0 Å². The number of ether oxygens (including phenoxy) is 1. The second-order valence-corrected chi connectivity index (χ2v) is 6.08. The van der Waals surface area contributed by atoms with Crippen LogP contribution in [0.15, 0.2) is 18.2 Å². The predicted molar refractivity (Wildman–Crippen MR) is 77.2 cm³/mol. The van der Waals surface area contributed by atoms with Crippen molar-refractivity contribution in [1.29, 1.82) is 0 Å². The van der Waals surface area contributed by atoms with E-state index in [1.54, 1.807) is 0 Å². The number of likely N-dealkylation sites (tertiary alicyclic amines) is 1. The van der Waals surface area contributed by atoms with Crippen molar-refractivity contribution in [3.63, 3.8) is 0 Å². The van der Waals surface area contributed by atoms with Crippen molar-refractivity contribution in [2.45, 2.75) is 44.9 Å². The Bertz CT molecular complexity index is 428. The fourth-order valence-corrected chi connectivity index (χ4v) is 3.60. The summed E-state index contributed by atoms with van der Waals surface area (Å²) in [6.07, 6.45) is 3.29. The third-order valence-corrected chi connectivity index (χ3v) is 4.36. The highest BCUT2D eigenvalue weighted by molar-refractivity contribution is 5.31. The monoisotopic (exact) mass is 260 g/mol. The highest BCUT2D eigenvalue weighted by Gasteiger charge is 2.36. The second kappa shape index (κ2) is 5.23. The van der Waals surface area contributed by atoms with Crippen LogP contribution in [0.5, 0.6) is 0 Å². The minimum atomic E-state index is 0.339. The molecule has 0 saturated carbocycles. The topological polar surface area (TPSA) is 38.5 Å². The van der Waals surface area contributed by atoms with E-state index < -0.39 is 0 Å². The number of nitrogens with zero attached hydrogens (tertiary/aromatic N) is 1. The van der Waals surface area contributed by atoms with Crippen LogP contribution in [0, 0.1) is 13.8 Å². The Morgan fingerprint density at radius 1 is 1.16 bits per heavy atom.